The summed E-state index contributed by atoms with van der Waals surface area (Å²) >= 11 is 0. The number of nitro groups is 1. The number of ketones is 3. The molecule has 3 unspecified atom stereocenters. The standard InChI is InChI=1S/C48H51NO16/c1-30(50)11-26-41(53)63-44-40(29-60-48(33-9-7-6-8-10-33,34-14-20-37(58-4)21-15-34)35-16-22-38(59-5)23-17-35)62-47(61-39-24-18-36(19-25-39)49(56)57)46(65-43(55)28-13-32(3)52)45(44)64-42(54)27-12-31(2)51/h6-10,14-25,40,44-47H,11-13,26-29H2,1-5H3/t40?,44-,45?,46?,47+/m1/s1. The summed E-state index contributed by atoms with van der Waals surface area (Å²) in [6.07, 6.45) is -10.0. The topological polar surface area (TPSA) is 219 Å². The van der Waals surface area contributed by atoms with Crippen molar-refractivity contribution in [3.63, 3.8) is 0 Å². The lowest BCUT2D eigenvalue weighted by molar-refractivity contribution is -0.384. The molecule has 1 saturated heterocycles. The highest BCUT2D eigenvalue weighted by molar-refractivity contribution is 5.82. The molecule has 1 fully saturated rings. The van der Waals surface area contributed by atoms with Crippen molar-refractivity contribution in [2.24, 2.45) is 0 Å². The number of nitro benzene ring substituents is 1. The van der Waals surface area contributed by atoms with Crippen LogP contribution in [0.1, 0.15) is 76.0 Å². The van der Waals surface area contributed by atoms with Crippen LogP contribution in [0, 0.1) is 10.1 Å². The quantitative estimate of drug-likeness (QED) is 0.0253. The van der Waals surface area contributed by atoms with Crippen molar-refractivity contribution < 1.29 is 71.6 Å². The van der Waals surface area contributed by atoms with Crippen molar-refractivity contribution in [3.05, 3.63) is 130 Å². The molecule has 17 nitrogen and oxygen atoms in total. The Labute approximate surface area is 375 Å². The first-order valence-corrected chi connectivity index (χ1v) is 20.7. The van der Waals surface area contributed by atoms with E-state index in [-0.39, 0.29) is 54.5 Å². The molecular weight excluding hydrogens is 847 g/mol. The number of Topliss-reactive ketones (excluding diaryl/α,β-unsaturated/α-hetero) is 3. The van der Waals surface area contributed by atoms with E-state index in [4.69, 9.17) is 37.9 Å². The predicted octanol–water partition coefficient (Wildman–Crippen LogP) is 6.57. The van der Waals surface area contributed by atoms with E-state index in [9.17, 15) is 38.9 Å². The average Bonchev–Trinajstić information content (AvgIpc) is 3.30. The van der Waals surface area contributed by atoms with Gasteiger partial charge in [0, 0.05) is 31.4 Å². The molecule has 0 aromatic heterocycles. The third kappa shape index (κ3) is 13.3. The number of hydrogen-bond acceptors (Lipinski definition) is 16. The molecule has 0 bridgehead atoms. The zero-order valence-electron chi connectivity index (χ0n) is 36.6. The molecule has 0 amide bonds. The average molecular weight is 898 g/mol. The molecule has 1 aliphatic heterocycles. The van der Waals surface area contributed by atoms with Gasteiger partial charge in [-0.15, -0.1) is 0 Å². The van der Waals surface area contributed by atoms with Crippen LogP contribution in [0.15, 0.2) is 103 Å². The summed E-state index contributed by atoms with van der Waals surface area (Å²) in [5, 5.41) is 11.5. The number of esters is 3. The Morgan fingerprint density at radius 2 is 0.969 bits per heavy atom. The van der Waals surface area contributed by atoms with Crippen LogP contribution in [-0.2, 0) is 58.1 Å². The first-order valence-electron chi connectivity index (χ1n) is 20.7. The van der Waals surface area contributed by atoms with Crippen molar-refractivity contribution in [2.45, 2.75) is 95.6 Å². The van der Waals surface area contributed by atoms with E-state index in [1.165, 1.54) is 59.3 Å². The van der Waals surface area contributed by atoms with E-state index in [0.717, 1.165) is 0 Å². The summed E-state index contributed by atoms with van der Waals surface area (Å²) in [5.74, 6) is -2.62. The number of methoxy groups -OCH3 is 2. The van der Waals surface area contributed by atoms with Gasteiger partial charge in [-0.25, -0.2) is 0 Å². The molecule has 4 aromatic rings. The fourth-order valence-corrected chi connectivity index (χ4v) is 7.04. The second-order valence-corrected chi connectivity index (χ2v) is 15.2. The van der Waals surface area contributed by atoms with E-state index in [1.807, 2.05) is 54.6 Å². The summed E-state index contributed by atoms with van der Waals surface area (Å²) in [5.41, 5.74) is 0.145. The second-order valence-electron chi connectivity index (χ2n) is 15.2. The lowest BCUT2D eigenvalue weighted by atomic mass is 9.80. The fraction of sp³-hybridized carbons (Fsp3) is 0.375. The second kappa shape index (κ2) is 23.1. The summed E-state index contributed by atoms with van der Waals surface area (Å²) in [7, 11) is 3.06. The van der Waals surface area contributed by atoms with Crippen molar-refractivity contribution in [1.29, 1.82) is 0 Å². The van der Waals surface area contributed by atoms with Crippen LogP contribution in [0.5, 0.6) is 17.2 Å². The minimum absolute atomic E-state index is 0.00119. The van der Waals surface area contributed by atoms with Gasteiger partial charge in [-0.1, -0.05) is 54.6 Å². The molecule has 1 aliphatic rings. The lowest BCUT2D eigenvalue weighted by Crippen LogP contribution is -2.64. The summed E-state index contributed by atoms with van der Waals surface area (Å²) in [4.78, 5) is 87.5. The fourth-order valence-electron chi connectivity index (χ4n) is 7.04. The molecule has 1 heterocycles. The van der Waals surface area contributed by atoms with E-state index >= 15 is 0 Å². The minimum atomic E-state index is -1.73. The Morgan fingerprint density at radius 3 is 1.40 bits per heavy atom. The van der Waals surface area contributed by atoms with Gasteiger partial charge in [0.25, 0.3) is 5.69 Å². The lowest BCUT2D eigenvalue weighted by Gasteiger charge is -2.45. The maximum atomic E-state index is 13.6. The molecule has 0 spiro atoms. The van der Waals surface area contributed by atoms with Crippen molar-refractivity contribution in [3.8, 4) is 17.2 Å². The number of nitrogens with zero attached hydrogens (tertiary/aromatic N) is 1. The molecule has 17 heteroatoms. The van der Waals surface area contributed by atoms with Gasteiger partial charge in [0.1, 0.15) is 46.3 Å². The molecule has 4 aromatic carbocycles. The van der Waals surface area contributed by atoms with Crippen molar-refractivity contribution in [1.82, 2.24) is 0 Å². The number of non-ortho nitro benzene ring substituents is 1. The third-order valence-corrected chi connectivity index (χ3v) is 10.4. The SMILES string of the molecule is COc1ccc(C(OCC2O[C@H](Oc3ccc([N+](=O)[O-])cc3)C(OC(=O)CCC(C)=O)C(OC(=O)CCC(C)=O)[C@@H]2OC(=O)CCC(C)=O)(c2ccccc2)c2ccc(OC)cc2)cc1. The molecular formula is C48H51NO16. The van der Waals surface area contributed by atoms with Crippen LogP contribution in [0.3, 0.4) is 0 Å². The Balaban J connectivity index is 1.70. The number of rotatable bonds is 23. The van der Waals surface area contributed by atoms with Crippen LogP contribution in [0.2, 0.25) is 0 Å². The number of ether oxygens (including phenoxy) is 8. The molecule has 5 atom stereocenters. The minimum Gasteiger partial charge on any atom is -0.497 e. The molecule has 0 aliphatic carbocycles. The first kappa shape index (κ1) is 49.0. The van der Waals surface area contributed by atoms with Gasteiger partial charge < -0.3 is 52.3 Å². The van der Waals surface area contributed by atoms with Gasteiger partial charge in [0.05, 0.1) is 45.0 Å². The zero-order valence-corrected chi connectivity index (χ0v) is 36.6. The Morgan fingerprint density at radius 1 is 0.554 bits per heavy atom. The number of carbonyl (C=O) groups excluding carboxylic acids is 6. The van der Waals surface area contributed by atoms with E-state index in [0.29, 0.717) is 28.2 Å². The molecule has 0 saturated carbocycles. The number of hydrogen-bond donors (Lipinski definition) is 0. The molecule has 65 heavy (non-hydrogen) atoms. The number of benzene rings is 4. The Hall–Kier alpha value is -6.98. The van der Waals surface area contributed by atoms with Gasteiger partial charge in [-0.2, -0.15) is 0 Å². The summed E-state index contributed by atoms with van der Waals surface area (Å²) in [6.45, 7) is 3.40. The smallest absolute Gasteiger partial charge is 0.306 e. The van der Waals surface area contributed by atoms with Crippen molar-refractivity contribution in [2.75, 3.05) is 20.8 Å². The highest BCUT2D eigenvalue weighted by Crippen LogP contribution is 2.43. The van der Waals surface area contributed by atoms with Crippen LogP contribution in [0.25, 0.3) is 0 Å². The van der Waals surface area contributed by atoms with E-state index in [1.54, 1.807) is 24.3 Å². The van der Waals surface area contributed by atoms with Crippen LogP contribution in [-0.4, -0.2) is 91.7 Å². The first-order chi connectivity index (χ1) is 31.1. The van der Waals surface area contributed by atoms with E-state index in [2.05, 4.69) is 0 Å². The van der Waals surface area contributed by atoms with Gasteiger partial charge >= 0.3 is 17.9 Å². The van der Waals surface area contributed by atoms with Gasteiger partial charge in [-0.3, -0.25) is 24.5 Å². The zero-order chi connectivity index (χ0) is 47.1. The van der Waals surface area contributed by atoms with Crippen LogP contribution in [0.4, 0.5) is 5.69 Å². The molecule has 344 valence electrons. The van der Waals surface area contributed by atoms with Crippen LogP contribution < -0.4 is 14.2 Å². The van der Waals surface area contributed by atoms with Crippen molar-refractivity contribution >= 4 is 40.9 Å². The maximum Gasteiger partial charge on any atom is 0.306 e. The van der Waals surface area contributed by atoms with Crippen LogP contribution >= 0.6 is 0 Å². The summed E-state index contributed by atoms with van der Waals surface area (Å²) < 4.78 is 48.8. The van der Waals surface area contributed by atoms with E-state index < -0.39 is 78.6 Å². The molecule has 0 N–H and O–H groups in total. The molecule has 0 radical (unpaired) electrons. The highest BCUT2D eigenvalue weighted by Gasteiger charge is 2.54. The Bertz CT molecular complexity index is 2230. The maximum absolute atomic E-state index is 13.6. The molecule has 5 rings (SSSR count). The summed E-state index contributed by atoms with van der Waals surface area (Å²) in [6, 6.07) is 28.4. The largest absolute Gasteiger partial charge is 0.497 e. The monoisotopic (exact) mass is 897 g/mol. The predicted molar refractivity (Wildman–Crippen MR) is 230 cm³/mol. The van der Waals surface area contributed by atoms with Gasteiger partial charge in [0.2, 0.25) is 12.4 Å². The number of carbonyl (C=O) groups is 6. The van der Waals surface area contributed by atoms with Gasteiger partial charge in [0.15, 0.2) is 12.2 Å². The highest BCUT2D eigenvalue weighted by atomic mass is 16.7. The Kier molecular flexibility index (Phi) is 17.4. The van der Waals surface area contributed by atoms with Gasteiger partial charge in [-0.05, 0) is 73.9 Å². The third-order valence-electron chi connectivity index (χ3n) is 10.4. The normalized spacial score (nSPS) is 18.1.